The Labute approximate surface area is 104 Å². The first-order valence-electron chi connectivity index (χ1n) is 4.71. The Bertz CT molecular complexity index is 490. The Hall–Kier alpha value is -0.730. The zero-order chi connectivity index (χ0) is 13.1. The van der Waals surface area contributed by atoms with Gasteiger partial charge in [-0.3, -0.25) is 4.98 Å². The van der Waals surface area contributed by atoms with Gasteiger partial charge in [0.15, 0.2) is 0 Å². The van der Waals surface area contributed by atoms with Gasteiger partial charge in [0.05, 0.1) is 17.2 Å². The summed E-state index contributed by atoms with van der Waals surface area (Å²) in [5.41, 5.74) is -1.53. The second kappa shape index (κ2) is 5.28. The van der Waals surface area contributed by atoms with E-state index in [0.717, 1.165) is 6.20 Å². The lowest BCUT2D eigenvalue weighted by molar-refractivity contribution is 0.00681. The van der Waals surface area contributed by atoms with Crippen LogP contribution in [0.25, 0.3) is 0 Å². The summed E-state index contributed by atoms with van der Waals surface area (Å²) < 4.78 is 25.7. The van der Waals surface area contributed by atoms with Gasteiger partial charge in [-0.25, -0.2) is 13.1 Å². The zero-order valence-corrected chi connectivity index (χ0v) is 10.7. The number of aliphatic hydroxyl groups is 2. The minimum atomic E-state index is -3.85. The fourth-order valence-corrected chi connectivity index (χ4v) is 2.54. The number of halogens is 1. The van der Waals surface area contributed by atoms with Crippen LogP contribution in [0, 0.1) is 0 Å². The largest absolute Gasteiger partial charge is 0.393 e. The van der Waals surface area contributed by atoms with Gasteiger partial charge in [0, 0.05) is 18.9 Å². The molecule has 0 aromatic carbocycles. The van der Waals surface area contributed by atoms with Crippen molar-refractivity contribution in [2.45, 2.75) is 17.4 Å². The predicted octanol–water partition coefficient (Wildman–Crippen LogP) is -0.243. The van der Waals surface area contributed by atoms with Crippen LogP contribution in [0.15, 0.2) is 23.4 Å². The summed E-state index contributed by atoms with van der Waals surface area (Å²) in [5, 5.41) is 18.3. The normalized spacial score (nSPS) is 15.5. The maximum absolute atomic E-state index is 11.8. The van der Waals surface area contributed by atoms with Crippen LogP contribution in [0.2, 0.25) is 5.02 Å². The number of hydrogen-bond donors (Lipinski definition) is 3. The molecule has 1 aromatic rings. The molecule has 0 radical (unpaired) electrons. The molecule has 1 atom stereocenters. The van der Waals surface area contributed by atoms with Crippen LogP contribution in [-0.4, -0.2) is 42.4 Å². The smallest absolute Gasteiger partial charge is 0.243 e. The van der Waals surface area contributed by atoms with E-state index in [1.165, 1.54) is 19.2 Å². The van der Waals surface area contributed by atoms with Crippen LogP contribution in [0.1, 0.15) is 6.92 Å². The van der Waals surface area contributed by atoms with E-state index in [4.69, 9.17) is 16.7 Å². The molecule has 0 bridgehead atoms. The Balaban J connectivity index is 2.88. The molecule has 0 fully saturated rings. The summed E-state index contributed by atoms with van der Waals surface area (Å²) in [5.74, 6) is 0. The molecule has 0 saturated heterocycles. The van der Waals surface area contributed by atoms with Crippen LogP contribution < -0.4 is 4.72 Å². The second-order valence-corrected chi connectivity index (χ2v) is 5.93. The average Bonchev–Trinajstić information content (AvgIpc) is 2.27. The first-order valence-corrected chi connectivity index (χ1v) is 6.57. The molecule has 8 heteroatoms. The molecule has 6 nitrogen and oxygen atoms in total. The lowest BCUT2D eigenvalue weighted by atomic mass is 10.1. The number of aliphatic hydroxyl groups excluding tert-OH is 1. The first-order chi connectivity index (χ1) is 7.78. The highest BCUT2D eigenvalue weighted by molar-refractivity contribution is 7.89. The highest BCUT2D eigenvalue weighted by atomic mass is 35.5. The van der Waals surface area contributed by atoms with E-state index in [-0.39, 0.29) is 16.5 Å². The topological polar surface area (TPSA) is 99.5 Å². The number of pyridine rings is 1. The third-order valence-corrected chi connectivity index (χ3v) is 3.88. The fraction of sp³-hybridized carbons (Fsp3) is 0.444. The van der Waals surface area contributed by atoms with Crippen molar-refractivity contribution in [1.29, 1.82) is 0 Å². The molecule has 0 aliphatic rings. The van der Waals surface area contributed by atoms with Crippen LogP contribution in [0.4, 0.5) is 0 Å². The molecule has 17 heavy (non-hydrogen) atoms. The molecule has 1 aromatic heterocycles. The van der Waals surface area contributed by atoms with Gasteiger partial charge in [0.25, 0.3) is 0 Å². The Morgan fingerprint density at radius 1 is 1.59 bits per heavy atom. The molecular weight excluding hydrogens is 268 g/mol. The highest BCUT2D eigenvalue weighted by Gasteiger charge is 2.24. The van der Waals surface area contributed by atoms with Crippen molar-refractivity contribution in [3.05, 3.63) is 23.5 Å². The Morgan fingerprint density at radius 2 is 2.24 bits per heavy atom. The molecule has 3 N–H and O–H groups in total. The maximum atomic E-state index is 11.8. The van der Waals surface area contributed by atoms with Crippen molar-refractivity contribution in [2.24, 2.45) is 0 Å². The standard InChI is InChI=1S/C9H13ClN2O4S/c1-9(14,6-13)5-12-17(15,16)8-4-11-3-2-7(8)10/h2-4,12-14H,5-6H2,1H3. The first kappa shape index (κ1) is 14.3. The van der Waals surface area contributed by atoms with E-state index in [1.54, 1.807) is 0 Å². The van der Waals surface area contributed by atoms with Gasteiger partial charge in [-0.1, -0.05) is 11.6 Å². The Kier molecular flexibility index (Phi) is 4.45. The second-order valence-electron chi connectivity index (χ2n) is 3.79. The minimum Gasteiger partial charge on any atom is -0.393 e. The maximum Gasteiger partial charge on any atom is 0.243 e. The third-order valence-electron chi connectivity index (χ3n) is 2.01. The molecule has 0 saturated carbocycles. The van der Waals surface area contributed by atoms with Gasteiger partial charge in [-0.2, -0.15) is 0 Å². The van der Waals surface area contributed by atoms with Crippen molar-refractivity contribution in [3.8, 4) is 0 Å². The summed E-state index contributed by atoms with van der Waals surface area (Å²) in [6.07, 6.45) is 2.48. The minimum absolute atomic E-state index is 0.0381. The van der Waals surface area contributed by atoms with E-state index >= 15 is 0 Å². The van der Waals surface area contributed by atoms with Crippen molar-refractivity contribution in [2.75, 3.05) is 13.2 Å². The van der Waals surface area contributed by atoms with Gasteiger partial charge in [0.2, 0.25) is 10.0 Å². The lowest BCUT2D eigenvalue weighted by Crippen LogP contribution is -2.43. The van der Waals surface area contributed by atoms with E-state index in [1.807, 2.05) is 0 Å². The van der Waals surface area contributed by atoms with Crippen LogP contribution in [0.5, 0.6) is 0 Å². The SMILES string of the molecule is CC(O)(CO)CNS(=O)(=O)c1cnccc1Cl. The summed E-state index contributed by atoms with van der Waals surface area (Å²) >= 11 is 5.72. The molecule has 0 aliphatic heterocycles. The quantitative estimate of drug-likeness (QED) is 0.691. The average molecular weight is 281 g/mol. The summed E-state index contributed by atoms with van der Waals surface area (Å²) in [7, 11) is -3.85. The van der Waals surface area contributed by atoms with Crippen molar-refractivity contribution in [1.82, 2.24) is 9.71 Å². The van der Waals surface area contributed by atoms with Gasteiger partial charge >= 0.3 is 0 Å². The molecule has 0 amide bonds. The molecule has 0 aliphatic carbocycles. The number of hydrogen-bond acceptors (Lipinski definition) is 5. The number of sulfonamides is 1. The summed E-state index contributed by atoms with van der Waals surface area (Å²) in [6, 6.07) is 1.35. The fourth-order valence-electron chi connectivity index (χ4n) is 0.945. The van der Waals surface area contributed by atoms with E-state index in [0.29, 0.717) is 0 Å². The van der Waals surface area contributed by atoms with Crippen molar-refractivity contribution < 1.29 is 18.6 Å². The number of aromatic nitrogens is 1. The summed E-state index contributed by atoms with van der Waals surface area (Å²) in [6.45, 7) is 0.424. The predicted molar refractivity (Wildman–Crippen MR) is 62.1 cm³/mol. The Morgan fingerprint density at radius 3 is 2.76 bits per heavy atom. The third kappa shape index (κ3) is 3.90. The van der Waals surface area contributed by atoms with Gasteiger partial charge < -0.3 is 10.2 Å². The van der Waals surface area contributed by atoms with Gasteiger partial charge in [-0.15, -0.1) is 0 Å². The number of rotatable bonds is 5. The van der Waals surface area contributed by atoms with E-state index < -0.39 is 22.2 Å². The van der Waals surface area contributed by atoms with Crippen LogP contribution >= 0.6 is 11.6 Å². The van der Waals surface area contributed by atoms with Crippen LogP contribution in [0.3, 0.4) is 0 Å². The van der Waals surface area contributed by atoms with Crippen LogP contribution in [-0.2, 0) is 10.0 Å². The zero-order valence-electron chi connectivity index (χ0n) is 9.09. The lowest BCUT2D eigenvalue weighted by Gasteiger charge is -2.20. The number of nitrogens with one attached hydrogen (secondary N) is 1. The van der Waals surface area contributed by atoms with Gasteiger partial charge in [0.1, 0.15) is 4.90 Å². The van der Waals surface area contributed by atoms with Crippen molar-refractivity contribution >= 4 is 21.6 Å². The molecule has 96 valence electrons. The monoisotopic (exact) mass is 280 g/mol. The molecule has 1 unspecified atom stereocenters. The van der Waals surface area contributed by atoms with E-state index in [9.17, 15) is 13.5 Å². The number of nitrogens with zero attached hydrogens (tertiary/aromatic N) is 1. The summed E-state index contributed by atoms with van der Waals surface area (Å²) in [4.78, 5) is 3.49. The van der Waals surface area contributed by atoms with E-state index in [2.05, 4.69) is 9.71 Å². The molecule has 1 rings (SSSR count). The molecule has 0 spiro atoms. The highest BCUT2D eigenvalue weighted by Crippen LogP contribution is 2.19. The van der Waals surface area contributed by atoms with Crippen molar-refractivity contribution in [3.63, 3.8) is 0 Å². The molecular formula is C9H13ClN2O4S. The van der Waals surface area contributed by atoms with Gasteiger partial charge in [-0.05, 0) is 13.0 Å². The molecule has 1 heterocycles.